The Morgan fingerprint density at radius 1 is 1.23 bits per heavy atom. The van der Waals surface area contributed by atoms with Crippen molar-refractivity contribution in [1.82, 2.24) is 4.98 Å². The van der Waals surface area contributed by atoms with E-state index >= 15 is 0 Å². The number of aromatic nitrogens is 1. The first-order chi connectivity index (χ1) is 12.7. The van der Waals surface area contributed by atoms with Crippen molar-refractivity contribution in [2.75, 3.05) is 6.61 Å². The highest BCUT2D eigenvalue weighted by Gasteiger charge is 2.31. The third kappa shape index (κ3) is 3.59. The predicted octanol–water partition coefficient (Wildman–Crippen LogP) is 4.06. The summed E-state index contributed by atoms with van der Waals surface area (Å²) in [7, 11) is 0. The number of hydrogen-bond acceptors (Lipinski definition) is 7. The fraction of sp³-hybridized carbons (Fsp3) is 0.211. The molecule has 1 aliphatic rings. The zero-order chi connectivity index (χ0) is 17.9. The SMILES string of the molecule is O=C(O[C@@H]1CCOC1=O)c1ccccc1CSc1nc2ccccc2s1. The number of benzene rings is 2. The van der Waals surface area contributed by atoms with Crippen molar-refractivity contribution in [2.45, 2.75) is 22.6 Å². The number of esters is 2. The zero-order valence-electron chi connectivity index (χ0n) is 13.7. The van der Waals surface area contributed by atoms with Crippen molar-refractivity contribution in [3.8, 4) is 0 Å². The Bertz CT molecular complexity index is 936. The van der Waals surface area contributed by atoms with Crippen molar-refractivity contribution < 1.29 is 19.1 Å². The Labute approximate surface area is 158 Å². The predicted molar refractivity (Wildman–Crippen MR) is 100 cm³/mol. The Kier molecular flexibility index (Phi) is 4.90. The first-order valence-corrected chi connectivity index (χ1v) is 9.95. The molecule has 0 amide bonds. The molecule has 0 radical (unpaired) electrons. The normalized spacial score (nSPS) is 16.6. The lowest BCUT2D eigenvalue weighted by Crippen LogP contribution is -2.23. The van der Waals surface area contributed by atoms with Crippen molar-refractivity contribution in [3.63, 3.8) is 0 Å². The molecule has 1 aromatic heterocycles. The highest BCUT2D eigenvalue weighted by atomic mass is 32.2. The smallest absolute Gasteiger partial charge is 0.347 e. The minimum absolute atomic E-state index is 0.298. The van der Waals surface area contributed by atoms with Gasteiger partial charge in [0.15, 0.2) is 4.34 Å². The summed E-state index contributed by atoms with van der Waals surface area (Å²) in [5.41, 5.74) is 2.31. The molecule has 0 aliphatic carbocycles. The van der Waals surface area contributed by atoms with Crippen LogP contribution in [0.1, 0.15) is 22.3 Å². The first kappa shape index (κ1) is 17.1. The number of fused-ring (bicyclic) bond motifs is 1. The summed E-state index contributed by atoms with van der Waals surface area (Å²) in [5, 5.41) is 0. The fourth-order valence-electron chi connectivity index (χ4n) is 2.67. The quantitative estimate of drug-likeness (QED) is 0.487. The maximum Gasteiger partial charge on any atom is 0.347 e. The van der Waals surface area contributed by atoms with Crippen molar-refractivity contribution in [3.05, 3.63) is 59.7 Å². The third-order valence-electron chi connectivity index (χ3n) is 4.00. The summed E-state index contributed by atoms with van der Waals surface area (Å²) in [6, 6.07) is 15.3. The van der Waals surface area contributed by atoms with Crippen LogP contribution in [0.2, 0.25) is 0 Å². The molecule has 1 aliphatic heterocycles. The number of para-hydroxylation sites is 1. The van der Waals surface area contributed by atoms with Gasteiger partial charge in [0.1, 0.15) is 0 Å². The van der Waals surface area contributed by atoms with Crippen molar-refractivity contribution in [1.29, 1.82) is 0 Å². The van der Waals surface area contributed by atoms with Gasteiger partial charge >= 0.3 is 11.9 Å². The molecule has 4 rings (SSSR count). The number of thiazole rings is 1. The molecular formula is C19H15NO4S2. The second kappa shape index (κ2) is 7.47. The lowest BCUT2D eigenvalue weighted by Gasteiger charge is -2.11. The summed E-state index contributed by atoms with van der Waals surface area (Å²) in [5.74, 6) is -0.366. The molecule has 2 heterocycles. The van der Waals surface area contributed by atoms with E-state index in [0.717, 1.165) is 20.1 Å². The Hall–Kier alpha value is -2.38. The van der Waals surface area contributed by atoms with Gasteiger partial charge in [0.25, 0.3) is 0 Å². The van der Waals surface area contributed by atoms with Crippen molar-refractivity contribution >= 4 is 45.3 Å². The second-order valence-electron chi connectivity index (χ2n) is 5.74. The summed E-state index contributed by atoms with van der Waals surface area (Å²) >= 11 is 3.21. The maximum atomic E-state index is 12.5. The van der Waals surface area contributed by atoms with Crippen LogP contribution in [-0.4, -0.2) is 29.6 Å². The van der Waals surface area contributed by atoms with Crippen LogP contribution < -0.4 is 0 Å². The van der Waals surface area contributed by atoms with Gasteiger partial charge in [-0.1, -0.05) is 42.1 Å². The van der Waals surface area contributed by atoms with E-state index < -0.39 is 18.0 Å². The van der Waals surface area contributed by atoms with Crippen molar-refractivity contribution in [2.24, 2.45) is 0 Å². The van der Waals surface area contributed by atoms with Crippen LogP contribution in [0, 0.1) is 0 Å². The molecule has 3 aromatic rings. The lowest BCUT2D eigenvalue weighted by molar-refractivity contribution is -0.145. The van der Waals surface area contributed by atoms with E-state index in [-0.39, 0.29) is 0 Å². The van der Waals surface area contributed by atoms with Crippen LogP contribution in [0.15, 0.2) is 52.9 Å². The van der Waals surface area contributed by atoms with E-state index in [2.05, 4.69) is 4.98 Å². The average Bonchev–Trinajstić information content (AvgIpc) is 3.26. The standard InChI is InChI=1S/C19H15NO4S2/c21-17(24-15-9-10-23-18(15)22)13-6-2-1-5-12(13)11-25-19-20-14-7-3-4-8-16(14)26-19/h1-8,15H,9-11H2/t15-/m1/s1. The summed E-state index contributed by atoms with van der Waals surface area (Å²) < 4.78 is 12.2. The molecule has 0 spiro atoms. The van der Waals surface area contributed by atoms with Gasteiger partial charge in [-0.15, -0.1) is 11.3 Å². The van der Waals surface area contributed by atoms with Gasteiger partial charge in [-0.3, -0.25) is 0 Å². The lowest BCUT2D eigenvalue weighted by atomic mass is 10.1. The molecule has 0 N–H and O–H groups in total. The zero-order valence-corrected chi connectivity index (χ0v) is 15.3. The minimum Gasteiger partial charge on any atom is -0.463 e. The van der Waals surface area contributed by atoms with E-state index in [9.17, 15) is 9.59 Å². The summed E-state index contributed by atoms with van der Waals surface area (Å²) in [4.78, 5) is 28.6. The summed E-state index contributed by atoms with van der Waals surface area (Å²) in [6.07, 6.45) is -0.389. The van der Waals surface area contributed by atoms with E-state index in [1.807, 2.05) is 36.4 Å². The average molecular weight is 385 g/mol. The Balaban J connectivity index is 1.48. The number of nitrogens with zero attached hydrogens (tertiary/aromatic N) is 1. The van der Waals surface area contributed by atoms with E-state index in [1.165, 1.54) is 0 Å². The molecule has 0 bridgehead atoms. The molecular weight excluding hydrogens is 370 g/mol. The fourth-order valence-corrected chi connectivity index (χ4v) is 4.75. The maximum absolute atomic E-state index is 12.5. The van der Waals surface area contributed by atoms with Crippen LogP contribution in [0.5, 0.6) is 0 Å². The van der Waals surface area contributed by atoms with Crippen LogP contribution in [0.3, 0.4) is 0 Å². The first-order valence-electron chi connectivity index (χ1n) is 8.14. The number of rotatable bonds is 5. The van der Waals surface area contributed by atoms with Gasteiger partial charge in [-0.2, -0.15) is 0 Å². The van der Waals surface area contributed by atoms with Gasteiger partial charge in [0, 0.05) is 12.2 Å². The minimum atomic E-state index is -0.799. The third-order valence-corrected chi connectivity index (χ3v) is 6.23. The summed E-state index contributed by atoms with van der Waals surface area (Å²) in [6.45, 7) is 0.298. The Morgan fingerprint density at radius 2 is 2.04 bits per heavy atom. The number of thioether (sulfide) groups is 1. The highest BCUT2D eigenvalue weighted by molar-refractivity contribution is 8.00. The van der Waals surface area contributed by atoms with Gasteiger partial charge in [-0.25, -0.2) is 14.6 Å². The molecule has 7 heteroatoms. The van der Waals surface area contributed by atoms with Crippen LogP contribution >= 0.6 is 23.1 Å². The molecule has 2 aromatic carbocycles. The highest BCUT2D eigenvalue weighted by Crippen LogP contribution is 2.32. The number of cyclic esters (lactones) is 1. The number of hydrogen-bond donors (Lipinski definition) is 0. The molecule has 26 heavy (non-hydrogen) atoms. The molecule has 5 nitrogen and oxygen atoms in total. The van der Waals surface area contributed by atoms with E-state index in [1.54, 1.807) is 35.2 Å². The van der Waals surface area contributed by atoms with E-state index in [4.69, 9.17) is 9.47 Å². The second-order valence-corrected chi connectivity index (χ2v) is 8.00. The largest absolute Gasteiger partial charge is 0.463 e. The van der Waals surface area contributed by atoms with Gasteiger partial charge < -0.3 is 9.47 Å². The van der Waals surface area contributed by atoms with Crippen LogP contribution in [0.4, 0.5) is 0 Å². The van der Waals surface area contributed by atoms with Gasteiger partial charge in [0.2, 0.25) is 6.10 Å². The number of carbonyl (C=O) groups excluding carboxylic acids is 2. The topological polar surface area (TPSA) is 65.5 Å². The van der Waals surface area contributed by atoms with Crippen LogP contribution in [-0.2, 0) is 20.0 Å². The number of carbonyl (C=O) groups is 2. The van der Waals surface area contributed by atoms with Crippen LogP contribution in [0.25, 0.3) is 10.2 Å². The molecule has 1 fully saturated rings. The monoisotopic (exact) mass is 385 g/mol. The molecule has 132 valence electrons. The Morgan fingerprint density at radius 3 is 2.85 bits per heavy atom. The molecule has 0 unspecified atom stereocenters. The molecule has 0 saturated carbocycles. The van der Waals surface area contributed by atoms with Gasteiger partial charge in [0.05, 0.1) is 22.4 Å². The molecule has 1 atom stereocenters. The van der Waals surface area contributed by atoms with E-state index in [0.29, 0.717) is 24.3 Å². The van der Waals surface area contributed by atoms with Gasteiger partial charge in [-0.05, 0) is 23.8 Å². The number of ether oxygens (including phenoxy) is 2. The molecule has 1 saturated heterocycles.